The number of hydrogen-bond acceptors (Lipinski definition) is 5. The van der Waals surface area contributed by atoms with Gasteiger partial charge in [0.15, 0.2) is 5.65 Å². The number of aryl methyl sites for hydroxylation is 1. The van der Waals surface area contributed by atoms with Crippen LogP contribution in [0.25, 0.3) is 33.1 Å². The van der Waals surface area contributed by atoms with E-state index < -0.39 is 11.9 Å². The van der Waals surface area contributed by atoms with E-state index in [1.807, 2.05) is 12.1 Å². The van der Waals surface area contributed by atoms with Crippen LogP contribution in [-0.2, 0) is 6.42 Å². The van der Waals surface area contributed by atoms with Gasteiger partial charge in [0.05, 0.1) is 16.6 Å². The first-order valence-electron chi connectivity index (χ1n) is 10.0. The van der Waals surface area contributed by atoms with E-state index in [2.05, 4.69) is 30.5 Å². The summed E-state index contributed by atoms with van der Waals surface area (Å²) in [6, 6.07) is 13.7. The number of carbonyl (C=O) groups is 1. The summed E-state index contributed by atoms with van der Waals surface area (Å²) >= 11 is 0. The molecule has 0 fully saturated rings. The van der Waals surface area contributed by atoms with Gasteiger partial charge in [0.25, 0.3) is 5.56 Å². The number of imidazole rings is 1. The third-order valence-electron chi connectivity index (χ3n) is 5.36. The SMILES string of the molecule is Cc1nc2nc(NC(=O)O)[nH]c2cc1-c1cc(Cc2n[nH]c(=O)c3ccccc23)ccc1F. The van der Waals surface area contributed by atoms with E-state index in [1.54, 1.807) is 37.3 Å². The van der Waals surface area contributed by atoms with Crippen LogP contribution in [-0.4, -0.2) is 36.3 Å². The summed E-state index contributed by atoms with van der Waals surface area (Å²) in [7, 11) is 0. The van der Waals surface area contributed by atoms with Crippen LogP contribution >= 0.6 is 0 Å². The van der Waals surface area contributed by atoms with Crippen molar-refractivity contribution in [2.24, 2.45) is 0 Å². The predicted molar refractivity (Wildman–Crippen MR) is 121 cm³/mol. The third kappa shape index (κ3) is 3.78. The molecule has 0 unspecified atom stereocenters. The summed E-state index contributed by atoms with van der Waals surface area (Å²) in [6.45, 7) is 1.73. The zero-order valence-electron chi connectivity index (χ0n) is 17.3. The number of nitrogens with zero attached hydrogens (tertiary/aromatic N) is 3. The lowest BCUT2D eigenvalue weighted by molar-refractivity contribution is 0.209. The van der Waals surface area contributed by atoms with Gasteiger partial charge in [-0.25, -0.2) is 19.3 Å². The summed E-state index contributed by atoms with van der Waals surface area (Å²) in [6.07, 6.45) is -0.871. The Morgan fingerprint density at radius 2 is 1.88 bits per heavy atom. The maximum Gasteiger partial charge on any atom is 0.411 e. The van der Waals surface area contributed by atoms with Gasteiger partial charge < -0.3 is 10.1 Å². The first-order chi connectivity index (χ1) is 15.9. The Balaban J connectivity index is 1.56. The second-order valence-electron chi connectivity index (χ2n) is 7.54. The van der Waals surface area contributed by atoms with Gasteiger partial charge in [-0.2, -0.15) is 10.1 Å². The molecule has 33 heavy (non-hydrogen) atoms. The molecule has 5 rings (SSSR count). The number of benzene rings is 2. The molecule has 1 amide bonds. The second kappa shape index (κ2) is 7.83. The minimum atomic E-state index is -1.26. The Bertz CT molecular complexity index is 1610. The lowest BCUT2D eigenvalue weighted by Gasteiger charge is -2.10. The highest BCUT2D eigenvalue weighted by Crippen LogP contribution is 2.30. The molecule has 0 aliphatic rings. The quantitative estimate of drug-likeness (QED) is 0.331. The van der Waals surface area contributed by atoms with Crippen molar-refractivity contribution in [1.29, 1.82) is 0 Å². The normalized spacial score (nSPS) is 11.2. The van der Waals surface area contributed by atoms with Crippen molar-refractivity contribution in [3.8, 4) is 11.1 Å². The largest absolute Gasteiger partial charge is 0.465 e. The number of amides is 1. The second-order valence-corrected chi connectivity index (χ2v) is 7.54. The minimum Gasteiger partial charge on any atom is -0.465 e. The van der Waals surface area contributed by atoms with E-state index in [9.17, 15) is 14.0 Å². The number of hydrogen-bond donors (Lipinski definition) is 4. The standard InChI is InChI=1S/C23H17FN6O3/c1-11-15(10-19-20(25-11)27-22(26-19)28-23(32)33)16-8-12(6-7-17(16)24)9-18-13-4-2-3-5-14(13)21(31)30-29-18/h2-8,10H,9H2,1H3,(H,30,31)(H,32,33)(H2,25,26,27,28). The van der Waals surface area contributed by atoms with Gasteiger partial charge in [0, 0.05) is 28.6 Å². The molecule has 0 saturated heterocycles. The number of anilines is 1. The molecule has 0 atom stereocenters. The van der Waals surface area contributed by atoms with Gasteiger partial charge in [-0.1, -0.05) is 24.3 Å². The molecule has 0 bridgehead atoms. The van der Waals surface area contributed by atoms with Crippen LogP contribution in [0.4, 0.5) is 15.1 Å². The molecule has 9 nitrogen and oxygen atoms in total. The van der Waals surface area contributed by atoms with Crippen molar-refractivity contribution >= 4 is 34.0 Å². The minimum absolute atomic E-state index is 0.0341. The molecular weight excluding hydrogens is 427 g/mol. The Labute approximate surface area is 185 Å². The third-order valence-corrected chi connectivity index (χ3v) is 5.36. The van der Waals surface area contributed by atoms with Crippen molar-refractivity contribution < 1.29 is 14.3 Å². The van der Waals surface area contributed by atoms with E-state index in [4.69, 9.17) is 5.11 Å². The molecule has 0 radical (unpaired) electrons. The Morgan fingerprint density at radius 3 is 2.67 bits per heavy atom. The van der Waals surface area contributed by atoms with Crippen LogP contribution in [0.5, 0.6) is 0 Å². The average molecular weight is 444 g/mol. The van der Waals surface area contributed by atoms with Crippen LogP contribution < -0.4 is 10.9 Å². The smallest absolute Gasteiger partial charge is 0.411 e. The molecule has 3 heterocycles. The van der Waals surface area contributed by atoms with Crippen LogP contribution in [0.3, 0.4) is 0 Å². The molecule has 3 aromatic heterocycles. The number of aromatic amines is 2. The van der Waals surface area contributed by atoms with Crippen molar-refractivity contribution in [1.82, 2.24) is 25.1 Å². The van der Waals surface area contributed by atoms with Gasteiger partial charge in [-0.15, -0.1) is 0 Å². The van der Waals surface area contributed by atoms with Crippen molar-refractivity contribution in [2.75, 3.05) is 5.32 Å². The number of fused-ring (bicyclic) bond motifs is 2. The van der Waals surface area contributed by atoms with E-state index in [0.717, 1.165) is 10.9 Å². The Morgan fingerprint density at radius 1 is 1.09 bits per heavy atom. The average Bonchev–Trinajstić information content (AvgIpc) is 3.17. The Kier molecular flexibility index (Phi) is 4.82. The summed E-state index contributed by atoms with van der Waals surface area (Å²) in [5.41, 5.74) is 3.43. The monoisotopic (exact) mass is 444 g/mol. The maximum absolute atomic E-state index is 14.9. The highest BCUT2D eigenvalue weighted by molar-refractivity contribution is 5.86. The van der Waals surface area contributed by atoms with E-state index in [1.165, 1.54) is 6.07 Å². The number of pyridine rings is 1. The van der Waals surface area contributed by atoms with Gasteiger partial charge in [0.1, 0.15) is 5.82 Å². The first kappa shape index (κ1) is 20.3. The number of H-pyrrole nitrogens is 2. The van der Waals surface area contributed by atoms with Crippen LogP contribution in [0, 0.1) is 12.7 Å². The van der Waals surface area contributed by atoms with E-state index in [0.29, 0.717) is 45.5 Å². The van der Waals surface area contributed by atoms with E-state index >= 15 is 0 Å². The van der Waals surface area contributed by atoms with Crippen LogP contribution in [0.1, 0.15) is 17.0 Å². The molecule has 4 N–H and O–H groups in total. The molecule has 0 spiro atoms. The lowest BCUT2D eigenvalue weighted by Crippen LogP contribution is -2.11. The fourth-order valence-electron chi connectivity index (χ4n) is 3.85. The van der Waals surface area contributed by atoms with Crippen molar-refractivity contribution in [3.63, 3.8) is 0 Å². The summed E-state index contributed by atoms with van der Waals surface area (Å²) in [4.78, 5) is 34.2. The molecule has 0 aliphatic carbocycles. The molecule has 164 valence electrons. The van der Waals surface area contributed by atoms with Gasteiger partial charge in [-0.05, 0) is 36.8 Å². The van der Waals surface area contributed by atoms with Gasteiger partial charge in [-0.3, -0.25) is 10.1 Å². The topological polar surface area (TPSA) is 137 Å². The number of nitrogens with one attached hydrogen (secondary N) is 3. The summed E-state index contributed by atoms with van der Waals surface area (Å²) < 4.78 is 14.9. The Hall–Kier alpha value is -4.60. The molecule has 5 aromatic rings. The van der Waals surface area contributed by atoms with Gasteiger partial charge >= 0.3 is 6.09 Å². The lowest BCUT2D eigenvalue weighted by atomic mass is 9.98. The molecule has 0 aliphatic heterocycles. The maximum atomic E-state index is 14.9. The van der Waals surface area contributed by atoms with Crippen molar-refractivity contribution in [3.05, 3.63) is 81.7 Å². The molecule has 2 aromatic carbocycles. The fourth-order valence-corrected chi connectivity index (χ4v) is 3.85. The molecular formula is C23H17FN6O3. The highest BCUT2D eigenvalue weighted by atomic mass is 19.1. The zero-order chi connectivity index (χ0) is 23.1. The molecule has 10 heteroatoms. The number of carboxylic acid groups (broad SMARTS) is 1. The zero-order valence-corrected chi connectivity index (χ0v) is 17.3. The fraction of sp³-hybridized carbons (Fsp3) is 0.0870. The molecule has 0 saturated carbocycles. The number of aromatic nitrogens is 5. The van der Waals surface area contributed by atoms with Crippen LogP contribution in [0.15, 0.2) is 53.3 Å². The summed E-state index contributed by atoms with van der Waals surface area (Å²) in [5.74, 6) is -0.391. The van der Waals surface area contributed by atoms with Crippen molar-refractivity contribution in [2.45, 2.75) is 13.3 Å². The number of rotatable bonds is 4. The van der Waals surface area contributed by atoms with Crippen LogP contribution in [0.2, 0.25) is 0 Å². The first-order valence-corrected chi connectivity index (χ1v) is 10.0. The predicted octanol–water partition coefficient (Wildman–Crippen LogP) is 3.99. The summed E-state index contributed by atoms with van der Waals surface area (Å²) in [5, 5.41) is 19.0. The highest BCUT2D eigenvalue weighted by Gasteiger charge is 2.15. The van der Waals surface area contributed by atoms with E-state index in [-0.39, 0.29) is 11.5 Å². The number of halogens is 1. The van der Waals surface area contributed by atoms with Gasteiger partial charge in [0.2, 0.25) is 5.95 Å².